The van der Waals surface area contributed by atoms with E-state index in [0.717, 1.165) is 42.8 Å². The average molecular weight is 465 g/mol. The zero-order valence-electron chi connectivity index (χ0n) is 18.5. The summed E-state index contributed by atoms with van der Waals surface area (Å²) < 4.78 is 47.1. The molecule has 1 N–H and O–H groups in total. The Morgan fingerprint density at radius 2 is 1.91 bits per heavy atom. The molecule has 0 aliphatic heterocycles. The molecule has 0 amide bonds. The van der Waals surface area contributed by atoms with Gasteiger partial charge in [-0.1, -0.05) is 13.3 Å². The summed E-state index contributed by atoms with van der Waals surface area (Å²) in [5.41, 5.74) is 1.55. The van der Waals surface area contributed by atoms with Gasteiger partial charge in [-0.25, -0.2) is 9.67 Å². The lowest BCUT2D eigenvalue weighted by molar-refractivity contribution is -0.138. The standard InChI is InChI=1S/C22H26F3N5O3/c1-3-4-7-18-15(6-5-10-33-21-16(11-20(31)32)13-29(2)28-21)14-30(27-18)19-9-8-17(12-26-19)22(23,24)25/h8-9,12-14H,3-7,10-11H2,1-2H3,(H,31,32). The number of pyridine rings is 1. The number of rotatable bonds is 11. The minimum absolute atomic E-state index is 0.169. The number of hydrogen-bond acceptors (Lipinski definition) is 5. The molecule has 0 aliphatic carbocycles. The number of alkyl halides is 3. The molecular formula is C22H26F3N5O3. The molecule has 3 rings (SSSR count). The second-order valence-corrected chi connectivity index (χ2v) is 7.71. The van der Waals surface area contributed by atoms with Crippen molar-refractivity contribution >= 4 is 5.97 Å². The number of aryl methyl sites for hydroxylation is 3. The van der Waals surface area contributed by atoms with Crippen LogP contribution in [0.2, 0.25) is 0 Å². The number of halogens is 3. The maximum Gasteiger partial charge on any atom is 0.417 e. The van der Waals surface area contributed by atoms with Crippen LogP contribution in [0.25, 0.3) is 5.82 Å². The number of hydrogen-bond donors (Lipinski definition) is 1. The van der Waals surface area contributed by atoms with Crippen molar-refractivity contribution in [1.29, 1.82) is 0 Å². The predicted molar refractivity (Wildman–Crippen MR) is 113 cm³/mol. The Bertz CT molecular complexity index is 1070. The Kier molecular flexibility index (Phi) is 7.72. The molecule has 3 heterocycles. The smallest absolute Gasteiger partial charge is 0.417 e. The van der Waals surface area contributed by atoms with E-state index in [1.54, 1.807) is 19.4 Å². The average Bonchev–Trinajstić information content (AvgIpc) is 3.31. The lowest BCUT2D eigenvalue weighted by atomic mass is 10.1. The highest BCUT2D eigenvalue weighted by Crippen LogP contribution is 2.29. The number of unbranched alkanes of at least 4 members (excludes halogenated alkanes) is 1. The molecule has 0 saturated heterocycles. The van der Waals surface area contributed by atoms with Crippen molar-refractivity contribution in [2.45, 2.75) is 51.6 Å². The van der Waals surface area contributed by atoms with Gasteiger partial charge in [0.05, 0.1) is 24.3 Å². The van der Waals surface area contributed by atoms with Crippen molar-refractivity contribution in [2.24, 2.45) is 7.05 Å². The Morgan fingerprint density at radius 1 is 1.12 bits per heavy atom. The topological polar surface area (TPSA) is 95.1 Å². The summed E-state index contributed by atoms with van der Waals surface area (Å²) in [5, 5.41) is 17.7. The second-order valence-electron chi connectivity index (χ2n) is 7.71. The molecule has 8 nitrogen and oxygen atoms in total. The van der Waals surface area contributed by atoms with Gasteiger partial charge in [-0.05, 0) is 43.4 Å². The highest BCUT2D eigenvalue weighted by Gasteiger charge is 2.30. The molecule has 0 radical (unpaired) electrons. The zero-order chi connectivity index (χ0) is 24.0. The SMILES string of the molecule is CCCCc1nn(-c2ccc(C(F)(F)F)cn2)cc1CCCOc1nn(C)cc1CC(=O)O. The van der Waals surface area contributed by atoms with Gasteiger partial charge in [0.1, 0.15) is 0 Å². The predicted octanol–water partition coefficient (Wildman–Crippen LogP) is 4.00. The number of ether oxygens (including phenoxy) is 1. The van der Waals surface area contributed by atoms with Gasteiger partial charge in [0.25, 0.3) is 0 Å². The van der Waals surface area contributed by atoms with Gasteiger partial charge in [-0.2, -0.15) is 18.3 Å². The minimum Gasteiger partial charge on any atom is -0.481 e. The van der Waals surface area contributed by atoms with E-state index in [1.165, 1.54) is 15.4 Å². The molecule has 0 atom stereocenters. The Balaban J connectivity index is 1.67. The van der Waals surface area contributed by atoms with Gasteiger partial charge in [-0.15, -0.1) is 5.10 Å². The lowest BCUT2D eigenvalue weighted by Crippen LogP contribution is -2.07. The highest BCUT2D eigenvalue weighted by atomic mass is 19.4. The van der Waals surface area contributed by atoms with Gasteiger partial charge in [0.15, 0.2) is 5.82 Å². The van der Waals surface area contributed by atoms with Crippen molar-refractivity contribution in [3.63, 3.8) is 0 Å². The number of aliphatic carboxylic acids is 1. The molecule has 11 heteroatoms. The lowest BCUT2D eigenvalue weighted by Gasteiger charge is -2.06. The maximum atomic E-state index is 12.8. The third kappa shape index (κ3) is 6.56. The Hall–Kier alpha value is -3.37. The van der Waals surface area contributed by atoms with Crippen molar-refractivity contribution in [3.8, 4) is 11.7 Å². The van der Waals surface area contributed by atoms with E-state index in [-0.39, 0.29) is 6.42 Å². The highest BCUT2D eigenvalue weighted by molar-refractivity contribution is 5.70. The summed E-state index contributed by atoms with van der Waals surface area (Å²) in [4.78, 5) is 14.9. The first-order chi connectivity index (χ1) is 15.7. The van der Waals surface area contributed by atoms with Crippen LogP contribution in [0.4, 0.5) is 13.2 Å². The first kappa shape index (κ1) is 24.3. The molecule has 0 bridgehead atoms. The van der Waals surface area contributed by atoms with Crippen LogP contribution in [0, 0.1) is 0 Å². The molecule has 0 aliphatic rings. The minimum atomic E-state index is -4.44. The van der Waals surface area contributed by atoms with Gasteiger partial charge >= 0.3 is 12.1 Å². The van der Waals surface area contributed by atoms with E-state index in [4.69, 9.17) is 9.84 Å². The van der Waals surface area contributed by atoms with Crippen molar-refractivity contribution in [1.82, 2.24) is 24.5 Å². The fourth-order valence-electron chi connectivity index (χ4n) is 3.37. The van der Waals surface area contributed by atoms with E-state index in [0.29, 0.717) is 36.7 Å². The summed E-state index contributed by atoms with van der Waals surface area (Å²) in [6.45, 7) is 2.41. The van der Waals surface area contributed by atoms with Gasteiger partial charge < -0.3 is 9.84 Å². The fraction of sp³-hybridized carbons (Fsp3) is 0.455. The van der Waals surface area contributed by atoms with Crippen LogP contribution < -0.4 is 4.74 Å². The van der Waals surface area contributed by atoms with Crippen LogP contribution in [0.1, 0.15) is 48.6 Å². The number of nitrogens with zero attached hydrogens (tertiary/aromatic N) is 5. The number of carbonyl (C=O) groups is 1. The Morgan fingerprint density at radius 3 is 2.55 bits per heavy atom. The number of aromatic nitrogens is 5. The summed E-state index contributed by atoms with van der Waals surface area (Å²) in [5.74, 6) is -0.344. The van der Waals surface area contributed by atoms with Crippen LogP contribution in [-0.4, -0.2) is 42.2 Å². The zero-order valence-corrected chi connectivity index (χ0v) is 18.5. The fourth-order valence-corrected chi connectivity index (χ4v) is 3.37. The van der Waals surface area contributed by atoms with Gasteiger partial charge in [-0.3, -0.25) is 9.48 Å². The summed E-state index contributed by atoms with van der Waals surface area (Å²) >= 11 is 0. The third-order valence-corrected chi connectivity index (χ3v) is 4.99. The molecule has 0 spiro atoms. The van der Waals surface area contributed by atoms with Crippen molar-refractivity contribution in [3.05, 3.63) is 53.1 Å². The van der Waals surface area contributed by atoms with E-state index < -0.39 is 17.7 Å². The van der Waals surface area contributed by atoms with E-state index in [1.807, 2.05) is 0 Å². The van der Waals surface area contributed by atoms with Crippen LogP contribution in [-0.2, 0) is 37.3 Å². The quantitative estimate of drug-likeness (QED) is 0.430. The van der Waals surface area contributed by atoms with Crippen LogP contribution in [0.5, 0.6) is 5.88 Å². The number of carboxylic acid groups (broad SMARTS) is 1. The molecule has 0 saturated carbocycles. The van der Waals surface area contributed by atoms with Crippen molar-refractivity contribution < 1.29 is 27.8 Å². The van der Waals surface area contributed by atoms with Crippen molar-refractivity contribution in [2.75, 3.05) is 6.61 Å². The molecule has 3 aromatic rings. The largest absolute Gasteiger partial charge is 0.481 e. The molecular weight excluding hydrogens is 439 g/mol. The normalized spacial score (nSPS) is 11.7. The molecule has 0 unspecified atom stereocenters. The molecule has 3 aromatic heterocycles. The first-order valence-electron chi connectivity index (χ1n) is 10.7. The summed E-state index contributed by atoms with van der Waals surface area (Å²) in [6.07, 6.45) is 3.55. The molecule has 0 fully saturated rings. The van der Waals surface area contributed by atoms with E-state index in [9.17, 15) is 18.0 Å². The summed E-state index contributed by atoms with van der Waals surface area (Å²) in [7, 11) is 1.70. The maximum absolute atomic E-state index is 12.8. The molecule has 33 heavy (non-hydrogen) atoms. The first-order valence-corrected chi connectivity index (χ1v) is 10.7. The number of carboxylic acids is 1. The third-order valence-electron chi connectivity index (χ3n) is 4.99. The Labute approximate surface area is 189 Å². The molecule has 178 valence electrons. The van der Waals surface area contributed by atoms with Gasteiger partial charge in [0, 0.05) is 31.2 Å². The van der Waals surface area contributed by atoms with Crippen LogP contribution in [0.15, 0.2) is 30.7 Å². The molecule has 0 aromatic carbocycles. The van der Waals surface area contributed by atoms with Crippen LogP contribution >= 0.6 is 0 Å². The summed E-state index contributed by atoms with van der Waals surface area (Å²) in [6, 6.07) is 2.29. The van der Waals surface area contributed by atoms with Crippen LogP contribution in [0.3, 0.4) is 0 Å². The van der Waals surface area contributed by atoms with E-state index >= 15 is 0 Å². The second kappa shape index (κ2) is 10.5. The monoisotopic (exact) mass is 465 g/mol. The van der Waals surface area contributed by atoms with Gasteiger partial charge in [0.2, 0.25) is 5.88 Å². The van der Waals surface area contributed by atoms with E-state index in [2.05, 4.69) is 22.1 Å².